The fourth-order valence-corrected chi connectivity index (χ4v) is 3.24. The second kappa shape index (κ2) is 11.1. The number of hydrogen-bond donors (Lipinski definition) is 1. The van der Waals surface area contributed by atoms with Gasteiger partial charge in [0.15, 0.2) is 0 Å². The zero-order valence-electron chi connectivity index (χ0n) is 17.1. The molecule has 0 aromatic carbocycles. The van der Waals surface area contributed by atoms with E-state index in [0.717, 1.165) is 5.56 Å². The van der Waals surface area contributed by atoms with E-state index in [-0.39, 0.29) is 38.0 Å². The number of nitrogens with zero attached hydrogens (tertiary/aromatic N) is 5. The van der Waals surface area contributed by atoms with Gasteiger partial charge in [0.05, 0.1) is 31.9 Å². The minimum Gasteiger partial charge on any atom is -0.483 e. The summed E-state index contributed by atoms with van der Waals surface area (Å²) < 4.78 is 12.1. The zero-order chi connectivity index (χ0) is 22.1. The minimum absolute atomic E-state index is 0.0364. The summed E-state index contributed by atoms with van der Waals surface area (Å²) in [5.74, 6) is -0.727. The predicted octanol–water partition coefficient (Wildman–Crippen LogP) is -0.993. The summed E-state index contributed by atoms with van der Waals surface area (Å²) in [6, 6.07) is 0. The maximum Gasteiger partial charge on any atom is 0.410 e. The van der Waals surface area contributed by atoms with Crippen molar-refractivity contribution in [3.63, 3.8) is 0 Å². The molecule has 30 heavy (non-hydrogen) atoms. The molecule has 1 aromatic heterocycles. The van der Waals surface area contributed by atoms with Gasteiger partial charge in [0.1, 0.15) is 13.2 Å². The van der Waals surface area contributed by atoms with Crippen molar-refractivity contribution in [1.82, 2.24) is 24.5 Å². The number of carboxylic acid groups (broad SMARTS) is 1. The van der Waals surface area contributed by atoms with Gasteiger partial charge in [0, 0.05) is 45.5 Å². The maximum absolute atomic E-state index is 12.8. The molecule has 0 radical (unpaired) electrons. The number of aryl methyl sites for hydroxylation is 1. The van der Waals surface area contributed by atoms with Crippen molar-refractivity contribution < 1.29 is 33.8 Å². The van der Waals surface area contributed by atoms with Crippen LogP contribution in [-0.2, 0) is 37.4 Å². The fraction of sp³-hybridized carbons (Fsp3) is 0.611. The Morgan fingerprint density at radius 1 is 1.37 bits per heavy atom. The number of amides is 3. The number of hydrogen-bond acceptors (Lipinski definition) is 7. The van der Waals surface area contributed by atoms with Crippen LogP contribution < -0.4 is 0 Å². The Kier molecular flexibility index (Phi) is 8.59. The maximum atomic E-state index is 12.8. The van der Waals surface area contributed by atoms with Gasteiger partial charge in [-0.25, -0.2) is 4.79 Å². The first kappa shape index (κ1) is 23.1. The van der Waals surface area contributed by atoms with Crippen molar-refractivity contribution in [3.8, 4) is 0 Å². The van der Waals surface area contributed by atoms with E-state index < -0.39 is 12.0 Å². The molecule has 1 N–H and O–H groups in total. The van der Waals surface area contributed by atoms with Crippen LogP contribution in [0.5, 0.6) is 0 Å². The van der Waals surface area contributed by atoms with Crippen LogP contribution in [0.2, 0.25) is 0 Å². The Balaban J connectivity index is 0.00000101. The third-order valence-electron chi connectivity index (χ3n) is 4.69. The van der Waals surface area contributed by atoms with Crippen LogP contribution in [0.25, 0.3) is 0 Å². The average Bonchev–Trinajstić information content (AvgIpc) is 3.20. The molecule has 2 saturated heterocycles. The van der Waals surface area contributed by atoms with Gasteiger partial charge in [-0.2, -0.15) is 5.10 Å². The molecule has 1 aromatic rings. The molecular formula is C18H27N5O7. The number of aromatic nitrogens is 2. The molecule has 0 saturated carbocycles. The summed E-state index contributed by atoms with van der Waals surface area (Å²) >= 11 is 0. The smallest absolute Gasteiger partial charge is 0.410 e. The normalized spacial score (nSPS) is 18.7. The molecule has 2 aliphatic heterocycles. The first-order valence-electron chi connectivity index (χ1n) is 9.43. The highest BCUT2D eigenvalue weighted by Crippen LogP contribution is 2.13. The van der Waals surface area contributed by atoms with Crippen LogP contribution >= 0.6 is 0 Å². The molecule has 2 fully saturated rings. The Morgan fingerprint density at radius 3 is 2.70 bits per heavy atom. The van der Waals surface area contributed by atoms with Crippen LogP contribution in [0, 0.1) is 5.92 Å². The van der Waals surface area contributed by atoms with E-state index in [2.05, 4.69) is 5.10 Å². The second-order valence-corrected chi connectivity index (χ2v) is 6.97. The molecule has 0 spiro atoms. The number of carbonyl (C=O) groups excluding carboxylic acids is 3. The molecule has 3 rings (SSSR count). The molecule has 166 valence electrons. The zero-order valence-corrected chi connectivity index (χ0v) is 17.1. The Bertz CT molecular complexity index is 753. The molecule has 12 nitrogen and oxygen atoms in total. The van der Waals surface area contributed by atoms with Gasteiger partial charge in [-0.1, -0.05) is 0 Å². The summed E-state index contributed by atoms with van der Waals surface area (Å²) in [5, 5.41) is 11.0. The monoisotopic (exact) mass is 425 g/mol. The van der Waals surface area contributed by atoms with Gasteiger partial charge in [-0.05, 0) is 0 Å². The number of cyclic esters (lactones) is 1. The van der Waals surface area contributed by atoms with Gasteiger partial charge in [0.2, 0.25) is 11.8 Å². The third kappa shape index (κ3) is 6.44. The molecule has 3 amide bonds. The van der Waals surface area contributed by atoms with E-state index in [9.17, 15) is 14.4 Å². The molecule has 0 bridgehead atoms. The van der Waals surface area contributed by atoms with Crippen LogP contribution in [-0.4, -0.2) is 107 Å². The van der Waals surface area contributed by atoms with Crippen molar-refractivity contribution in [2.75, 3.05) is 53.0 Å². The van der Waals surface area contributed by atoms with Crippen molar-refractivity contribution in [1.29, 1.82) is 0 Å². The first-order valence-corrected chi connectivity index (χ1v) is 9.43. The molecule has 2 aliphatic rings. The predicted molar refractivity (Wildman–Crippen MR) is 102 cm³/mol. The van der Waals surface area contributed by atoms with Gasteiger partial charge in [-0.3, -0.25) is 24.0 Å². The lowest BCUT2D eigenvalue weighted by Gasteiger charge is -2.27. The quantitative estimate of drug-likeness (QED) is 0.594. The summed E-state index contributed by atoms with van der Waals surface area (Å²) in [6.07, 6.45) is 3.11. The lowest BCUT2D eigenvalue weighted by molar-refractivity contribution is -0.138. The van der Waals surface area contributed by atoms with E-state index in [1.807, 2.05) is 13.2 Å². The number of ether oxygens (including phenoxy) is 2. The topological polar surface area (TPSA) is 135 Å². The van der Waals surface area contributed by atoms with E-state index in [1.54, 1.807) is 27.7 Å². The van der Waals surface area contributed by atoms with Crippen LogP contribution in [0.1, 0.15) is 5.56 Å². The molecule has 0 aliphatic carbocycles. The molecule has 1 unspecified atom stereocenters. The van der Waals surface area contributed by atoms with Crippen molar-refractivity contribution >= 4 is 24.4 Å². The highest BCUT2D eigenvalue weighted by Gasteiger charge is 2.32. The van der Waals surface area contributed by atoms with E-state index >= 15 is 0 Å². The summed E-state index contributed by atoms with van der Waals surface area (Å²) in [7, 11) is 3.55. The third-order valence-corrected chi connectivity index (χ3v) is 4.69. The van der Waals surface area contributed by atoms with Gasteiger partial charge < -0.3 is 24.4 Å². The lowest BCUT2D eigenvalue weighted by Crippen LogP contribution is -2.46. The van der Waals surface area contributed by atoms with Crippen LogP contribution in [0.3, 0.4) is 0 Å². The first-order chi connectivity index (χ1) is 14.3. The van der Waals surface area contributed by atoms with Crippen molar-refractivity contribution in [2.24, 2.45) is 13.0 Å². The molecule has 3 heterocycles. The molecule has 1 atom stereocenters. The summed E-state index contributed by atoms with van der Waals surface area (Å²) in [6.45, 7) is 2.18. The van der Waals surface area contributed by atoms with Crippen LogP contribution in [0.15, 0.2) is 12.4 Å². The van der Waals surface area contributed by atoms with E-state index in [1.165, 1.54) is 4.90 Å². The molecular weight excluding hydrogens is 398 g/mol. The number of carbonyl (C=O) groups is 4. The largest absolute Gasteiger partial charge is 0.483 e. The van der Waals surface area contributed by atoms with E-state index in [4.69, 9.17) is 19.4 Å². The Hall–Kier alpha value is -3.15. The molecule has 12 heteroatoms. The average molecular weight is 425 g/mol. The summed E-state index contributed by atoms with van der Waals surface area (Å²) in [4.78, 5) is 49.9. The number of rotatable bonds is 5. The van der Waals surface area contributed by atoms with Crippen LogP contribution in [0.4, 0.5) is 4.79 Å². The lowest BCUT2D eigenvalue weighted by atomic mass is 10.1. The highest BCUT2D eigenvalue weighted by molar-refractivity contribution is 5.84. The van der Waals surface area contributed by atoms with Gasteiger partial charge in [-0.15, -0.1) is 0 Å². The van der Waals surface area contributed by atoms with E-state index in [0.29, 0.717) is 32.8 Å². The fourth-order valence-electron chi connectivity index (χ4n) is 3.24. The standard InChI is InChI=1S/C17H25N5O5.CH2O2/c1-19(8-13-7-18-20(2)9-13)16(24)14-10-21(3-5-26-12-14)15(23)11-22-4-6-27-17(22)25;2-1-3/h7,9,14H,3-6,8,10-12H2,1-2H3;1H,(H,2,3). The summed E-state index contributed by atoms with van der Waals surface area (Å²) in [5.41, 5.74) is 0.934. The Labute approximate surface area is 173 Å². The Morgan fingerprint density at radius 2 is 2.10 bits per heavy atom. The van der Waals surface area contributed by atoms with Gasteiger partial charge in [0.25, 0.3) is 6.47 Å². The van der Waals surface area contributed by atoms with Gasteiger partial charge >= 0.3 is 6.09 Å². The van der Waals surface area contributed by atoms with Crippen molar-refractivity contribution in [2.45, 2.75) is 6.54 Å². The highest BCUT2D eigenvalue weighted by atomic mass is 16.6. The van der Waals surface area contributed by atoms with Crippen molar-refractivity contribution in [3.05, 3.63) is 18.0 Å². The SMILES string of the molecule is CN(Cc1cnn(C)c1)C(=O)C1COCCN(C(=O)CN2CCOC2=O)C1.O=CO. The second-order valence-electron chi connectivity index (χ2n) is 6.97. The minimum atomic E-state index is -0.474.